The molecule has 0 atom stereocenters. The molecule has 0 rings (SSSR count). The van der Waals surface area contributed by atoms with Crippen LogP contribution in [0.15, 0.2) is 0 Å². The zero-order chi connectivity index (χ0) is 13.5. The summed E-state index contributed by atoms with van der Waals surface area (Å²) in [4.78, 5) is 54.6. The summed E-state index contributed by atoms with van der Waals surface area (Å²) >= 11 is 0. The topological polar surface area (TPSA) is 190 Å². The maximum atomic E-state index is 9.10. The first-order valence-electron chi connectivity index (χ1n) is 2.98. The van der Waals surface area contributed by atoms with Crippen molar-refractivity contribution in [3.63, 3.8) is 0 Å². The molecule has 0 aromatic rings. The molecule has 0 radical (unpaired) electrons. The second kappa shape index (κ2) is 13.8. The van der Waals surface area contributed by atoms with E-state index in [-0.39, 0.29) is 71.2 Å². The summed E-state index contributed by atoms with van der Waals surface area (Å²) in [5.41, 5.74) is 0. The minimum Gasteiger partial charge on any atom is -0.811 e. The summed E-state index contributed by atoms with van der Waals surface area (Å²) in [5, 5.41) is 0. The van der Waals surface area contributed by atoms with E-state index in [0.717, 1.165) is 0 Å². The average Bonchev–Trinajstić information content (AvgIpc) is 1.41. The van der Waals surface area contributed by atoms with Gasteiger partial charge in [-0.15, -0.1) is 0 Å². The quantitative estimate of drug-likeness (QED) is 0.264. The Morgan fingerprint density at radius 2 is 0.529 bits per heavy atom. The van der Waals surface area contributed by atoms with E-state index in [2.05, 4.69) is 0 Å². The first kappa shape index (κ1) is 32.0. The van der Waals surface area contributed by atoms with Crippen LogP contribution in [0.1, 0.15) is 0 Å². The van der Waals surface area contributed by atoms with E-state index < -0.39 is 22.8 Å². The average molecular weight is 560 g/mol. The molecule has 96 valence electrons. The van der Waals surface area contributed by atoms with Gasteiger partial charge in [0.2, 0.25) is 0 Å². The van der Waals surface area contributed by atoms with Gasteiger partial charge < -0.3 is 43.1 Å². The van der Waals surface area contributed by atoms with Gasteiger partial charge in [0, 0.05) is 0 Å². The normalized spacial score (nSPS) is 10.4. The minimum absolute atomic E-state index is 0. The number of rotatable bonds is 0. The number of hydrogen-bond donors (Lipinski definition) is 0. The third kappa shape index (κ3) is 663. The van der Waals surface area contributed by atoms with Crippen LogP contribution in [0.25, 0.3) is 0 Å². The van der Waals surface area contributed by atoms with E-state index in [0.29, 0.717) is 20.0 Å². The molecule has 0 aliphatic carbocycles. The van der Waals surface area contributed by atoms with Gasteiger partial charge in [0.15, 0.2) is 0 Å². The Kier molecular flexibility index (Phi) is 26.0. The van der Waals surface area contributed by atoms with Crippen molar-refractivity contribution in [2.24, 2.45) is 0 Å². The summed E-state index contributed by atoms with van der Waals surface area (Å²) < 4.78 is 27.3. The van der Waals surface area contributed by atoms with Crippen LogP contribution in [0.2, 0.25) is 0 Å². The van der Waals surface area contributed by atoms with E-state index in [4.69, 9.17) is 43.1 Å². The van der Waals surface area contributed by atoms with E-state index >= 15 is 0 Å². The van der Waals surface area contributed by atoms with E-state index in [1.807, 2.05) is 0 Å². The molecule has 0 spiro atoms. The Labute approximate surface area is 155 Å². The van der Waals surface area contributed by atoms with Crippen molar-refractivity contribution in [2.45, 2.75) is 0 Å². The second-order valence-electron chi connectivity index (χ2n) is 2.31. The molecule has 0 saturated heterocycles. The third-order valence-corrected chi connectivity index (χ3v) is 0. The molecule has 0 heterocycles. The molecular formula is C3H9La2O9P3. The molecule has 0 amide bonds. The van der Waals surface area contributed by atoms with Crippen LogP contribution in [-0.2, 0) is 13.7 Å². The molecule has 0 aliphatic rings. The van der Waals surface area contributed by atoms with Crippen LogP contribution >= 0.6 is 22.8 Å². The van der Waals surface area contributed by atoms with Crippen LogP contribution < -0.4 is 29.4 Å². The largest absolute Gasteiger partial charge is 3.00 e. The zero-order valence-corrected chi connectivity index (χ0v) is 19.1. The summed E-state index contributed by atoms with van der Waals surface area (Å²) in [5.74, 6) is 0. The van der Waals surface area contributed by atoms with Crippen molar-refractivity contribution in [3.05, 3.63) is 0 Å². The summed E-state index contributed by atoms with van der Waals surface area (Å²) in [6.45, 7) is 1.90. The summed E-state index contributed by atoms with van der Waals surface area (Å²) in [7, 11) is -12.4. The molecule has 14 heteroatoms. The Balaban J connectivity index is -0.0000000400. The SMILES string of the molecule is CP(=O)([O-])[O-].CP(=O)([O-])[O-].CP(=O)([O-])[O-].[La+3].[La+3]. The Morgan fingerprint density at radius 1 is 0.529 bits per heavy atom. The van der Waals surface area contributed by atoms with Gasteiger partial charge in [-0.2, -0.15) is 0 Å². The summed E-state index contributed by atoms with van der Waals surface area (Å²) in [6, 6.07) is 0. The van der Waals surface area contributed by atoms with Crippen molar-refractivity contribution in [1.82, 2.24) is 0 Å². The molecule has 0 unspecified atom stereocenters. The fourth-order valence-electron chi connectivity index (χ4n) is 0. The molecule has 0 aromatic carbocycles. The Morgan fingerprint density at radius 3 is 0.529 bits per heavy atom. The maximum Gasteiger partial charge on any atom is 3.00 e. The van der Waals surface area contributed by atoms with Crippen molar-refractivity contribution in [1.29, 1.82) is 0 Å². The predicted octanol–water partition coefficient (Wildman–Crippen LogP) is -4.41. The van der Waals surface area contributed by atoms with Crippen molar-refractivity contribution in [2.75, 3.05) is 20.0 Å². The van der Waals surface area contributed by atoms with Gasteiger partial charge in [-0.1, -0.05) is 22.8 Å². The summed E-state index contributed by atoms with van der Waals surface area (Å²) in [6.07, 6.45) is 0. The van der Waals surface area contributed by atoms with Crippen molar-refractivity contribution < 1.29 is 114 Å². The van der Waals surface area contributed by atoms with Crippen LogP contribution in [-0.4, -0.2) is 20.0 Å². The Bertz CT molecular complexity index is 216. The first-order chi connectivity index (χ1) is 6.00. The van der Waals surface area contributed by atoms with Gasteiger partial charge in [-0.25, -0.2) is 0 Å². The number of hydrogen-bond acceptors (Lipinski definition) is 9. The van der Waals surface area contributed by atoms with Crippen LogP contribution in [0.5, 0.6) is 0 Å². The van der Waals surface area contributed by atoms with Crippen LogP contribution in [0.3, 0.4) is 0 Å². The smallest absolute Gasteiger partial charge is 0.811 e. The third-order valence-electron chi connectivity index (χ3n) is 0. The van der Waals surface area contributed by atoms with Gasteiger partial charge in [0.25, 0.3) is 0 Å². The van der Waals surface area contributed by atoms with Gasteiger partial charge >= 0.3 is 71.2 Å². The van der Waals surface area contributed by atoms with Crippen molar-refractivity contribution in [3.8, 4) is 0 Å². The van der Waals surface area contributed by atoms with E-state index in [1.165, 1.54) is 0 Å². The zero-order valence-electron chi connectivity index (χ0n) is 9.17. The molecule has 9 nitrogen and oxygen atoms in total. The molecule has 0 N–H and O–H groups in total. The molecule has 0 saturated carbocycles. The van der Waals surface area contributed by atoms with Crippen molar-refractivity contribution >= 4 is 22.8 Å². The standard InChI is InChI=1S/3CH5O3P.2La/c3*1-5(2,3)4;;/h3*1H3,(H2,2,3,4);;/q;;;2*+3/p-6. The van der Waals surface area contributed by atoms with Gasteiger partial charge in [-0.05, 0) is 20.0 Å². The van der Waals surface area contributed by atoms with E-state index in [9.17, 15) is 0 Å². The maximum absolute atomic E-state index is 9.10. The molecule has 17 heavy (non-hydrogen) atoms. The predicted molar refractivity (Wildman–Crippen MR) is 40.6 cm³/mol. The van der Waals surface area contributed by atoms with Gasteiger partial charge in [0.05, 0.1) is 0 Å². The van der Waals surface area contributed by atoms with Crippen LogP contribution in [0, 0.1) is 71.2 Å². The van der Waals surface area contributed by atoms with Gasteiger partial charge in [0.1, 0.15) is 0 Å². The Hall–Kier alpha value is 2.84. The van der Waals surface area contributed by atoms with Crippen LogP contribution in [0.4, 0.5) is 0 Å². The van der Waals surface area contributed by atoms with Gasteiger partial charge in [-0.3, -0.25) is 0 Å². The fourth-order valence-corrected chi connectivity index (χ4v) is 0. The molecular weight excluding hydrogens is 551 g/mol. The van der Waals surface area contributed by atoms with E-state index in [1.54, 1.807) is 0 Å². The fraction of sp³-hybridized carbons (Fsp3) is 1.00. The minimum atomic E-state index is -4.14. The first-order valence-corrected chi connectivity index (χ1v) is 8.95. The monoisotopic (exact) mass is 560 g/mol. The molecule has 0 aliphatic heterocycles. The molecule has 0 bridgehead atoms. The second-order valence-corrected chi connectivity index (χ2v) is 6.94. The molecule has 0 aromatic heterocycles. The molecule has 0 fully saturated rings.